The molecule has 0 aromatic heterocycles. The molecule has 1 aliphatic heterocycles. The molecule has 0 saturated carbocycles. The number of hydrogen-bond donors (Lipinski definition) is 1. The zero-order chi connectivity index (χ0) is 25.5. The largest absolute Gasteiger partial charge is 0.490 e. The third kappa shape index (κ3) is 6.84. The molecule has 0 spiro atoms. The Hall–Kier alpha value is -2.94. The van der Waals surface area contributed by atoms with Gasteiger partial charge in [0, 0.05) is 15.6 Å². The van der Waals surface area contributed by atoms with Crippen molar-refractivity contribution in [2.24, 2.45) is 5.10 Å². The van der Waals surface area contributed by atoms with Gasteiger partial charge in [0.25, 0.3) is 0 Å². The van der Waals surface area contributed by atoms with Crippen molar-refractivity contribution in [1.29, 1.82) is 0 Å². The predicted octanol–water partition coefficient (Wildman–Crippen LogP) is 6.20. The molecule has 3 aromatic carbocycles. The molecule has 0 saturated heterocycles. The summed E-state index contributed by atoms with van der Waals surface area (Å²) in [6, 6.07) is 14.3. The first kappa shape index (κ1) is 26.1. The van der Waals surface area contributed by atoms with Gasteiger partial charge in [0.1, 0.15) is 19.8 Å². The predicted molar refractivity (Wildman–Crippen MR) is 143 cm³/mol. The Morgan fingerprint density at radius 1 is 1.08 bits per heavy atom. The Kier molecular flexibility index (Phi) is 8.96. The van der Waals surface area contributed by atoms with Crippen molar-refractivity contribution < 1.29 is 23.7 Å². The van der Waals surface area contributed by atoms with Crippen LogP contribution in [-0.4, -0.2) is 31.9 Å². The smallest absolute Gasteiger partial charge is 0.244 e. The Morgan fingerprint density at radius 2 is 1.89 bits per heavy atom. The van der Waals surface area contributed by atoms with Crippen LogP contribution in [0, 0.1) is 0 Å². The molecule has 0 aliphatic carbocycles. The fourth-order valence-electron chi connectivity index (χ4n) is 3.46. The number of rotatable bonds is 9. The summed E-state index contributed by atoms with van der Waals surface area (Å²) < 4.78 is 23.5. The number of nitrogens with one attached hydrogen (secondary N) is 1. The Bertz CT molecular complexity index is 1290. The summed E-state index contributed by atoms with van der Waals surface area (Å²) in [5, 5.41) is 5.16. The van der Waals surface area contributed by atoms with Gasteiger partial charge in [-0.3, -0.25) is 4.79 Å². The number of hydrazone groups is 1. The zero-order valence-corrected chi connectivity index (χ0v) is 22.5. The molecule has 0 radical (unpaired) electrons. The lowest BCUT2D eigenvalue weighted by molar-refractivity contribution is -0.120. The van der Waals surface area contributed by atoms with Crippen LogP contribution >= 0.6 is 39.1 Å². The minimum atomic E-state index is -0.258. The topological polar surface area (TPSA) is 78.4 Å². The van der Waals surface area contributed by atoms with E-state index in [1.54, 1.807) is 30.3 Å². The van der Waals surface area contributed by atoms with Gasteiger partial charge in [-0.05, 0) is 70.4 Å². The molecule has 0 fully saturated rings. The van der Waals surface area contributed by atoms with E-state index in [4.69, 9.17) is 42.1 Å². The van der Waals surface area contributed by atoms with Crippen molar-refractivity contribution in [3.8, 4) is 23.0 Å². The van der Waals surface area contributed by atoms with E-state index < -0.39 is 0 Å². The molecule has 7 nitrogen and oxygen atoms in total. The quantitative estimate of drug-likeness (QED) is 0.236. The first-order valence-corrected chi connectivity index (χ1v) is 12.7. The SMILES string of the molecule is CCOc1cc(/C=N/NC(=O)Cc2ccc3c(c2)OCCO3)cc(Br)c1OCc1ccc(Cl)cc1Cl. The molecule has 1 aliphatic rings. The number of amides is 1. The van der Waals surface area contributed by atoms with Gasteiger partial charge in [0.2, 0.25) is 5.91 Å². The lowest BCUT2D eigenvalue weighted by Gasteiger charge is -2.18. The summed E-state index contributed by atoms with van der Waals surface area (Å²) in [4.78, 5) is 12.4. The monoisotopic (exact) mass is 592 g/mol. The second-order valence-corrected chi connectivity index (χ2v) is 9.43. The molecule has 10 heteroatoms. The molecule has 1 amide bonds. The van der Waals surface area contributed by atoms with Crippen molar-refractivity contribution in [2.75, 3.05) is 19.8 Å². The van der Waals surface area contributed by atoms with Gasteiger partial charge in [0.05, 0.1) is 23.7 Å². The summed E-state index contributed by atoms with van der Waals surface area (Å²) in [5.41, 5.74) is 4.85. The highest BCUT2D eigenvalue weighted by Crippen LogP contribution is 2.37. The van der Waals surface area contributed by atoms with Crippen molar-refractivity contribution in [2.45, 2.75) is 20.0 Å². The maximum Gasteiger partial charge on any atom is 0.244 e. The lowest BCUT2D eigenvalue weighted by Crippen LogP contribution is -2.20. The van der Waals surface area contributed by atoms with Crippen LogP contribution < -0.4 is 24.4 Å². The molecule has 0 bridgehead atoms. The van der Waals surface area contributed by atoms with Crippen molar-refractivity contribution in [1.82, 2.24) is 5.43 Å². The van der Waals surface area contributed by atoms with Crippen LogP contribution in [0.3, 0.4) is 0 Å². The lowest BCUT2D eigenvalue weighted by atomic mass is 10.1. The number of carbonyl (C=O) groups excluding carboxylic acids is 1. The summed E-state index contributed by atoms with van der Waals surface area (Å²) in [7, 11) is 0. The van der Waals surface area contributed by atoms with Crippen LogP contribution in [0.4, 0.5) is 0 Å². The molecule has 4 rings (SSSR count). The van der Waals surface area contributed by atoms with Crippen LogP contribution in [0.15, 0.2) is 58.1 Å². The fraction of sp³-hybridized carbons (Fsp3) is 0.231. The number of hydrogen-bond acceptors (Lipinski definition) is 6. The van der Waals surface area contributed by atoms with E-state index in [2.05, 4.69) is 26.5 Å². The highest BCUT2D eigenvalue weighted by atomic mass is 79.9. The van der Waals surface area contributed by atoms with E-state index in [9.17, 15) is 4.79 Å². The molecular formula is C26H23BrCl2N2O5. The molecule has 36 heavy (non-hydrogen) atoms. The van der Waals surface area contributed by atoms with Gasteiger partial charge in [0.15, 0.2) is 23.0 Å². The molecule has 188 valence electrons. The van der Waals surface area contributed by atoms with Crippen LogP contribution in [0.5, 0.6) is 23.0 Å². The second-order valence-electron chi connectivity index (χ2n) is 7.74. The third-order valence-corrected chi connectivity index (χ3v) is 6.27. The zero-order valence-electron chi connectivity index (χ0n) is 19.4. The Labute approximate surface area is 227 Å². The first-order chi connectivity index (χ1) is 17.4. The highest BCUT2D eigenvalue weighted by Gasteiger charge is 2.15. The van der Waals surface area contributed by atoms with Gasteiger partial charge >= 0.3 is 0 Å². The van der Waals surface area contributed by atoms with Gasteiger partial charge in [-0.15, -0.1) is 0 Å². The molecular weight excluding hydrogens is 571 g/mol. The second kappa shape index (κ2) is 12.3. The minimum Gasteiger partial charge on any atom is -0.490 e. The maximum absolute atomic E-state index is 12.4. The van der Waals surface area contributed by atoms with Crippen LogP contribution in [0.2, 0.25) is 10.0 Å². The van der Waals surface area contributed by atoms with Gasteiger partial charge in [-0.1, -0.05) is 35.3 Å². The third-order valence-electron chi connectivity index (χ3n) is 5.09. The molecule has 3 aromatic rings. The molecule has 1 heterocycles. The van der Waals surface area contributed by atoms with E-state index in [0.29, 0.717) is 62.9 Å². The number of halogens is 3. The Balaban J connectivity index is 1.39. The summed E-state index contributed by atoms with van der Waals surface area (Å²) >= 11 is 15.8. The Morgan fingerprint density at radius 3 is 2.67 bits per heavy atom. The van der Waals surface area contributed by atoms with Gasteiger partial charge in [-0.2, -0.15) is 5.10 Å². The van der Waals surface area contributed by atoms with Crippen molar-refractivity contribution in [3.63, 3.8) is 0 Å². The van der Waals surface area contributed by atoms with Gasteiger partial charge < -0.3 is 18.9 Å². The number of carbonyl (C=O) groups is 1. The van der Waals surface area contributed by atoms with Crippen LogP contribution in [0.1, 0.15) is 23.6 Å². The van der Waals surface area contributed by atoms with E-state index in [-0.39, 0.29) is 18.9 Å². The normalized spacial score (nSPS) is 12.4. The van der Waals surface area contributed by atoms with Crippen LogP contribution in [0.25, 0.3) is 0 Å². The maximum atomic E-state index is 12.4. The standard InChI is InChI=1S/C26H23BrCl2N2O5/c1-2-33-24-11-17(9-20(27)26(24)36-15-18-4-5-19(28)13-21(18)29)14-30-31-25(32)12-16-3-6-22-23(10-16)35-8-7-34-22/h3-6,9-11,13-14H,2,7-8,12,15H2,1H3,(H,31,32)/b30-14+. The van der Waals surface area contributed by atoms with Gasteiger partial charge in [-0.25, -0.2) is 5.43 Å². The van der Waals surface area contributed by atoms with E-state index in [0.717, 1.165) is 11.1 Å². The van der Waals surface area contributed by atoms with Crippen molar-refractivity contribution in [3.05, 3.63) is 79.7 Å². The molecule has 1 N–H and O–H groups in total. The molecule has 0 unspecified atom stereocenters. The average Bonchev–Trinajstić information content (AvgIpc) is 2.85. The number of benzene rings is 3. The van der Waals surface area contributed by atoms with Crippen molar-refractivity contribution >= 4 is 51.3 Å². The van der Waals surface area contributed by atoms with E-state index in [1.807, 2.05) is 25.1 Å². The summed E-state index contributed by atoms with van der Waals surface area (Å²) in [5.74, 6) is 2.13. The summed E-state index contributed by atoms with van der Waals surface area (Å²) in [6.07, 6.45) is 1.69. The number of ether oxygens (including phenoxy) is 4. The van der Waals surface area contributed by atoms with Crippen LogP contribution in [-0.2, 0) is 17.8 Å². The molecule has 0 atom stereocenters. The minimum absolute atomic E-state index is 0.155. The fourth-order valence-corrected chi connectivity index (χ4v) is 4.49. The number of fused-ring (bicyclic) bond motifs is 1. The average molecular weight is 594 g/mol. The van der Waals surface area contributed by atoms with E-state index in [1.165, 1.54) is 6.21 Å². The number of nitrogens with zero attached hydrogens (tertiary/aromatic N) is 1. The summed E-state index contributed by atoms with van der Waals surface area (Å²) in [6.45, 7) is 3.57. The first-order valence-electron chi connectivity index (χ1n) is 11.2. The highest BCUT2D eigenvalue weighted by molar-refractivity contribution is 9.10. The van der Waals surface area contributed by atoms with E-state index >= 15 is 0 Å².